The summed E-state index contributed by atoms with van der Waals surface area (Å²) in [7, 11) is 0. The minimum absolute atomic E-state index is 0.0320. The van der Waals surface area contributed by atoms with Crippen LogP contribution in [-0.4, -0.2) is 60.0 Å². The number of carbonyl (C=O) groups is 8. The first-order valence-corrected chi connectivity index (χ1v) is 52.0. The lowest BCUT2D eigenvalue weighted by atomic mass is 9.75. The molecule has 13 aromatic rings. The van der Waals surface area contributed by atoms with Crippen LogP contribution >= 0.6 is 0 Å². The number of hydrogen-bond donors (Lipinski definition) is 0. The molecule has 0 spiro atoms. The Morgan fingerprint density at radius 3 is 0.960 bits per heavy atom. The van der Waals surface area contributed by atoms with Crippen LogP contribution in [0.5, 0.6) is 34.5 Å². The van der Waals surface area contributed by atoms with E-state index in [2.05, 4.69) is 145 Å². The van der Waals surface area contributed by atoms with Crippen LogP contribution in [0.3, 0.4) is 0 Å². The van der Waals surface area contributed by atoms with E-state index < -0.39 is 23.9 Å². The minimum atomic E-state index is -0.541. The van der Waals surface area contributed by atoms with E-state index >= 15 is 0 Å². The quantitative estimate of drug-likeness (QED) is 0.0152. The van der Waals surface area contributed by atoms with Crippen molar-refractivity contribution in [3.05, 3.63) is 449 Å². The topological polar surface area (TPSA) is 210 Å². The summed E-state index contributed by atoms with van der Waals surface area (Å²) < 4.78 is 43.6. The molecule has 16 nitrogen and oxygen atoms in total. The normalized spacial score (nSPS) is 13.3. The molecule has 14 rings (SSSR count). The number of rotatable bonds is 38. The summed E-state index contributed by atoms with van der Waals surface area (Å²) in [4.78, 5) is 97.2. The summed E-state index contributed by atoms with van der Waals surface area (Å²) in [6.45, 7) is 51.6. The van der Waals surface area contributed by atoms with Gasteiger partial charge < -0.3 is 37.9 Å². The van der Waals surface area contributed by atoms with Crippen LogP contribution in [0.25, 0.3) is 52.6 Å². The number of aryl methyl sites for hydroxylation is 3. The molecule has 7 atom stereocenters. The van der Waals surface area contributed by atoms with E-state index in [0.717, 1.165) is 119 Å². The zero-order valence-corrected chi connectivity index (χ0v) is 89.6. The van der Waals surface area contributed by atoms with Gasteiger partial charge in [0.15, 0.2) is 0 Å². The van der Waals surface area contributed by atoms with Crippen LogP contribution in [0, 0.1) is 56.3 Å². The molecule has 0 bridgehead atoms. The lowest BCUT2D eigenvalue weighted by Crippen LogP contribution is -2.35. The summed E-state index contributed by atoms with van der Waals surface area (Å²) in [5, 5.41) is 0. The highest BCUT2D eigenvalue weighted by Gasteiger charge is 2.34. The molecule has 1 aliphatic carbocycles. The molecular weight excluding hydrogens is 1870 g/mol. The van der Waals surface area contributed by atoms with Crippen molar-refractivity contribution < 1.29 is 76.3 Å². The fourth-order valence-corrected chi connectivity index (χ4v) is 16.2. The first-order valence-electron chi connectivity index (χ1n) is 52.0. The molecule has 16 heteroatoms. The monoisotopic (exact) mass is 2010 g/mol. The predicted molar refractivity (Wildman–Crippen MR) is 611 cm³/mol. The summed E-state index contributed by atoms with van der Waals surface area (Å²) in [6, 6.07) is 93.0. The van der Waals surface area contributed by atoms with Crippen molar-refractivity contribution in [1.29, 1.82) is 0 Å². The van der Waals surface area contributed by atoms with Gasteiger partial charge in [-0.1, -0.05) is 347 Å². The first kappa shape index (κ1) is 118. The third-order valence-electron chi connectivity index (χ3n) is 26.2. The number of hydrogen-bond acceptors (Lipinski definition) is 16. The van der Waals surface area contributed by atoms with Gasteiger partial charge in [-0.25, -0.2) is 38.4 Å². The average molecular weight is 2010 g/mol. The summed E-state index contributed by atoms with van der Waals surface area (Å²) in [5.74, 6) is 3.43. The minimum Gasteiger partial charge on any atom is -0.459 e. The van der Waals surface area contributed by atoms with Crippen LogP contribution in [0.1, 0.15) is 280 Å². The Morgan fingerprint density at radius 2 is 0.613 bits per heavy atom. The molecule has 0 radical (unpaired) electrons. The van der Waals surface area contributed by atoms with Crippen molar-refractivity contribution in [2.45, 2.75) is 199 Å². The molecule has 0 heterocycles. The maximum Gasteiger partial charge on any atom is 0.343 e. The molecule has 778 valence electrons. The first-order chi connectivity index (χ1) is 72.2. The molecule has 0 aliphatic heterocycles. The number of ether oxygens (including phenoxy) is 8. The van der Waals surface area contributed by atoms with Gasteiger partial charge in [0.2, 0.25) is 0 Å². The second kappa shape index (κ2) is 61.6. The van der Waals surface area contributed by atoms with Crippen molar-refractivity contribution in [2.24, 2.45) is 35.5 Å². The van der Waals surface area contributed by atoms with E-state index in [0.29, 0.717) is 120 Å². The molecule has 1 fully saturated rings. The Labute approximate surface area is 889 Å². The maximum absolute atomic E-state index is 12.6. The van der Waals surface area contributed by atoms with Gasteiger partial charge in [0.25, 0.3) is 0 Å². The smallest absolute Gasteiger partial charge is 0.343 e. The fourth-order valence-electron chi connectivity index (χ4n) is 16.2. The van der Waals surface area contributed by atoms with Gasteiger partial charge >= 0.3 is 47.8 Å². The van der Waals surface area contributed by atoms with Gasteiger partial charge in [-0.2, -0.15) is 0 Å². The maximum atomic E-state index is 12.6. The van der Waals surface area contributed by atoms with Crippen molar-refractivity contribution in [3.8, 4) is 56.8 Å². The van der Waals surface area contributed by atoms with E-state index in [1.54, 1.807) is 135 Å². The van der Waals surface area contributed by atoms with Gasteiger partial charge in [0.05, 0.1) is 45.0 Å². The lowest BCUT2D eigenvalue weighted by molar-refractivity contribution is -0.129. The fraction of sp³-hybridized carbons (Fsp3) is 0.269. The molecule has 0 amide bonds. The highest BCUT2D eigenvalue weighted by Crippen LogP contribution is 2.37. The number of benzene rings is 13. The lowest BCUT2D eigenvalue weighted by Gasteiger charge is -2.36. The molecule has 0 saturated heterocycles. The van der Waals surface area contributed by atoms with Crippen molar-refractivity contribution >= 4 is 78.1 Å². The van der Waals surface area contributed by atoms with Crippen LogP contribution in [0.2, 0.25) is 0 Å². The highest BCUT2D eigenvalue weighted by atomic mass is 16.6. The van der Waals surface area contributed by atoms with Crippen molar-refractivity contribution in [3.63, 3.8) is 0 Å². The Bertz CT molecular complexity index is 6550. The second-order valence-electron chi connectivity index (χ2n) is 38.6. The molecule has 7 unspecified atom stereocenters. The highest BCUT2D eigenvalue weighted by molar-refractivity contribution is 5.96. The van der Waals surface area contributed by atoms with Crippen LogP contribution in [0.15, 0.2) is 349 Å². The largest absolute Gasteiger partial charge is 0.459 e. The third kappa shape index (κ3) is 39.0. The molecule has 150 heavy (non-hydrogen) atoms. The van der Waals surface area contributed by atoms with Gasteiger partial charge in [0.1, 0.15) is 40.6 Å². The molecule has 13 aromatic carbocycles. The number of esters is 8. The number of unbranched alkanes of at least 4 members (excludes halogenated alkanes) is 3. The van der Waals surface area contributed by atoms with Gasteiger partial charge in [-0.05, 0) is 332 Å². The van der Waals surface area contributed by atoms with Crippen LogP contribution < -0.4 is 28.4 Å². The average Bonchev–Trinajstić information content (AvgIpc) is 0.846. The zero-order valence-electron chi connectivity index (χ0n) is 89.6. The SMILES string of the molecule is C=CC(=O)Oc1ccc(C(=O)Oc2ccc(CC(C)CC)cc2)cc1C.C=Cc1ccc(-c2ccc(C(=O)OC(C)CCCCCC)cc2)cc1.C=Cc1ccc(C(=O)OC2CC(C)CCC2C(C)C)cc1.C=Cc1ccc(C(=O)Oc2ccc(-c3ccc(CC(C)CC)cc3)cc2)cc1.C=Cc1ccc(C(=O)Oc2ccc(C(=O)Oc3ccc(CC(C)CC)cc3)cc2C)cc1.C=Cc1ccc(C(=O)Oc2ccc(C)cc2)cc1. The van der Waals surface area contributed by atoms with Gasteiger partial charge in [-0.3, -0.25) is 0 Å². The van der Waals surface area contributed by atoms with E-state index in [-0.39, 0.29) is 36.1 Å². The Balaban J connectivity index is 0.000000201. The van der Waals surface area contributed by atoms with Crippen molar-refractivity contribution in [1.82, 2.24) is 0 Å². The van der Waals surface area contributed by atoms with Crippen LogP contribution in [0.4, 0.5) is 0 Å². The standard InChI is InChI=1S/C28H28O4.C26H26O2.C23H28O2.C22H24O4.C19H26O2.C16H14O2/c1-5-19(3)17-22-9-14-25(15-10-22)31-28(30)24-13-16-26(20(4)18-24)32-27(29)23-11-7-21(6-2)8-12-23;1-4-19(3)18-21-8-10-22(11-9-21)23-14-16-25(17-15-23)28-26(27)24-12-6-20(5-2)7-13-24;1-4-6-7-8-9-18(3)25-23(24)22-16-14-21(15-17-22)20-12-10-19(5-2)11-13-20;1-5-15(3)13-17-7-10-19(11-8-17)25-22(24)18-9-12-20(16(4)14-18)26-21(23)6-2;1-5-15-7-9-16(10-8-15)19(20)21-18-12-14(4)6-11-17(18)13(2)3;1-3-13-6-8-14(9-7-13)16(17)18-15-10-4-12(2)5-11-15/h6-16,18-19H,2,5,17H2,1,3-4H3;5-17,19H,2,4,18H2,1,3H3;5,10-18H,2,4,6-9H2,1,3H3;6-12,14-15H,2,5,13H2,1,3-4H3;5,7-10,13-14,17-18H,1,6,11-12H2,2-4H3;3-11H,1H2,2H3. The molecule has 0 aromatic heterocycles. The van der Waals surface area contributed by atoms with Crippen molar-refractivity contribution in [2.75, 3.05) is 0 Å². The number of carbonyl (C=O) groups excluding carboxylic acids is 8. The zero-order chi connectivity index (χ0) is 109. The Kier molecular flexibility index (Phi) is 48.3. The van der Waals surface area contributed by atoms with E-state index in [9.17, 15) is 38.4 Å². The third-order valence-corrected chi connectivity index (χ3v) is 26.2. The summed E-state index contributed by atoms with van der Waals surface area (Å²) in [5.41, 5.74) is 19.2. The molecule has 1 aliphatic rings. The molecular formula is C134H146O16. The van der Waals surface area contributed by atoms with Crippen LogP contribution in [-0.2, 0) is 33.5 Å². The Hall–Kier alpha value is -15.9. The molecule has 1 saturated carbocycles. The Morgan fingerprint density at radius 1 is 0.320 bits per heavy atom. The predicted octanol–water partition coefficient (Wildman–Crippen LogP) is 33.7. The van der Waals surface area contributed by atoms with Gasteiger partial charge in [-0.15, -0.1) is 0 Å². The summed E-state index contributed by atoms with van der Waals surface area (Å²) in [6.07, 6.45) is 25.6. The van der Waals surface area contributed by atoms with Gasteiger partial charge in [0, 0.05) is 6.08 Å². The van der Waals surface area contributed by atoms with E-state index in [1.165, 1.54) is 48.8 Å². The molecule has 0 N–H and O–H groups in total. The van der Waals surface area contributed by atoms with E-state index in [4.69, 9.17) is 37.9 Å². The van der Waals surface area contributed by atoms with E-state index in [1.807, 2.05) is 190 Å². The summed E-state index contributed by atoms with van der Waals surface area (Å²) >= 11 is 0. The second-order valence-corrected chi connectivity index (χ2v) is 38.6.